The summed E-state index contributed by atoms with van der Waals surface area (Å²) in [6, 6.07) is 5.61. The van der Waals surface area contributed by atoms with Gasteiger partial charge in [0.1, 0.15) is 5.75 Å². The van der Waals surface area contributed by atoms with E-state index in [1.807, 2.05) is 23.6 Å². The van der Waals surface area contributed by atoms with Crippen LogP contribution >= 0.6 is 23.1 Å². The van der Waals surface area contributed by atoms with Crippen molar-refractivity contribution in [2.75, 3.05) is 12.8 Å². The van der Waals surface area contributed by atoms with E-state index in [-0.39, 0.29) is 0 Å². The molecule has 0 amide bonds. The lowest BCUT2D eigenvalue weighted by Gasteiger charge is -2.05. The number of benzene rings is 1. The predicted octanol–water partition coefficient (Wildman–Crippen LogP) is 2.89. The quantitative estimate of drug-likeness (QED) is 0.835. The average Bonchev–Trinajstić information content (AvgIpc) is 2.74. The maximum Gasteiger partial charge on any atom is 0.154 e. The molecule has 3 nitrogen and oxygen atoms in total. The molecule has 0 radical (unpaired) electrons. The van der Waals surface area contributed by atoms with Crippen molar-refractivity contribution in [1.82, 2.24) is 4.98 Å². The molecule has 1 aromatic carbocycles. The Balaban J connectivity index is 2.27. The second-order valence-corrected chi connectivity index (χ2v) is 4.99. The first-order valence-electron chi connectivity index (χ1n) is 4.30. The minimum Gasteiger partial charge on any atom is -0.497 e. The number of nitrogens with zero attached hydrogens (tertiary/aromatic N) is 1. The van der Waals surface area contributed by atoms with Gasteiger partial charge in [-0.3, -0.25) is 0 Å². The molecule has 15 heavy (non-hydrogen) atoms. The SMILES string of the molecule is COc1ccc(N)c(Sc2nccs2)c1. The molecular weight excluding hydrogens is 228 g/mol. The van der Waals surface area contributed by atoms with Gasteiger partial charge in [-0.25, -0.2) is 4.98 Å². The third-order valence-electron chi connectivity index (χ3n) is 1.83. The van der Waals surface area contributed by atoms with Gasteiger partial charge < -0.3 is 10.5 Å². The van der Waals surface area contributed by atoms with Crippen LogP contribution in [0.25, 0.3) is 0 Å². The summed E-state index contributed by atoms with van der Waals surface area (Å²) >= 11 is 3.15. The van der Waals surface area contributed by atoms with Crippen LogP contribution < -0.4 is 10.5 Å². The largest absolute Gasteiger partial charge is 0.497 e. The summed E-state index contributed by atoms with van der Waals surface area (Å²) in [6.45, 7) is 0. The minimum absolute atomic E-state index is 0.746. The lowest BCUT2D eigenvalue weighted by molar-refractivity contribution is 0.414. The monoisotopic (exact) mass is 238 g/mol. The van der Waals surface area contributed by atoms with Crippen molar-refractivity contribution < 1.29 is 4.74 Å². The molecule has 0 aliphatic carbocycles. The molecule has 5 heteroatoms. The van der Waals surface area contributed by atoms with E-state index in [9.17, 15) is 0 Å². The van der Waals surface area contributed by atoms with Gasteiger partial charge in [0.05, 0.1) is 7.11 Å². The second-order valence-electron chi connectivity index (χ2n) is 2.80. The third kappa shape index (κ3) is 2.43. The van der Waals surface area contributed by atoms with Crippen molar-refractivity contribution in [1.29, 1.82) is 0 Å². The highest BCUT2D eigenvalue weighted by Crippen LogP contribution is 2.35. The number of anilines is 1. The molecule has 0 fully saturated rings. The van der Waals surface area contributed by atoms with Gasteiger partial charge in [0, 0.05) is 22.2 Å². The molecule has 0 saturated heterocycles. The first-order chi connectivity index (χ1) is 7.29. The van der Waals surface area contributed by atoms with Gasteiger partial charge in [0.2, 0.25) is 0 Å². The van der Waals surface area contributed by atoms with Gasteiger partial charge in [-0.1, -0.05) is 11.8 Å². The van der Waals surface area contributed by atoms with Crippen molar-refractivity contribution in [3.8, 4) is 5.75 Å². The van der Waals surface area contributed by atoms with E-state index in [4.69, 9.17) is 10.5 Å². The normalized spacial score (nSPS) is 10.2. The molecule has 0 saturated carbocycles. The molecule has 1 heterocycles. The minimum atomic E-state index is 0.746. The van der Waals surface area contributed by atoms with E-state index in [0.29, 0.717) is 0 Å². The highest BCUT2D eigenvalue weighted by atomic mass is 32.2. The summed E-state index contributed by atoms with van der Waals surface area (Å²) in [5, 5.41) is 1.94. The highest BCUT2D eigenvalue weighted by molar-refractivity contribution is 8.01. The molecule has 0 spiro atoms. The maximum atomic E-state index is 5.86. The van der Waals surface area contributed by atoms with E-state index in [2.05, 4.69) is 4.98 Å². The van der Waals surface area contributed by atoms with Gasteiger partial charge in [-0.05, 0) is 18.2 Å². The summed E-state index contributed by atoms with van der Waals surface area (Å²) in [7, 11) is 1.64. The number of hydrogen-bond acceptors (Lipinski definition) is 5. The fourth-order valence-corrected chi connectivity index (χ4v) is 2.74. The zero-order valence-electron chi connectivity index (χ0n) is 8.14. The van der Waals surface area contributed by atoms with Gasteiger partial charge in [-0.2, -0.15) is 0 Å². The summed E-state index contributed by atoms with van der Waals surface area (Å²) < 4.78 is 6.12. The van der Waals surface area contributed by atoms with Crippen LogP contribution in [0.1, 0.15) is 0 Å². The van der Waals surface area contributed by atoms with E-state index in [1.54, 1.807) is 36.4 Å². The molecule has 2 aromatic rings. The van der Waals surface area contributed by atoms with Gasteiger partial charge in [0.25, 0.3) is 0 Å². The Morgan fingerprint density at radius 3 is 3.00 bits per heavy atom. The highest BCUT2D eigenvalue weighted by Gasteiger charge is 2.05. The first kappa shape index (κ1) is 10.3. The Morgan fingerprint density at radius 2 is 2.33 bits per heavy atom. The lowest BCUT2D eigenvalue weighted by Crippen LogP contribution is -1.90. The smallest absolute Gasteiger partial charge is 0.154 e. The topological polar surface area (TPSA) is 48.1 Å². The molecule has 0 atom stereocenters. The summed E-state index contributed by atoms with van der Waals surface area (Å²) in [5.41, 5.74) is 6.61. The van der Waals surface area contributed by atoms with Crippen molar-refractivity contribution in [3.63, 3.8) is 0 Å². The number of methoxy groups -OCH3 is 1. The molecule has 1 aromatic heterocycles. The second kappa shape index (κ2) is 4.55. The van der Waals surface area contributed by atoms with Crippen molar-refractivity contribution >= 4 is 28.8 Å². The van der Waals surface area contributed by atoms with Gasteiger partial charge in [0.15, 0.2) is 4.34 Å². The standard InChI is InChI=1S/C10H10N2OS2/c1-13-7-2-3-8(11)9(6-7)15-10-12-4-5-14-10/h2-6H,11H2,1H3. The molecule has 0 bridgehead atoms. The molecule has 0 aliphatic rings. The number of rotatable bonds is 3. The Labute approximate surface area is 96.3 Å². The van der Waals surface area contributed by atoms with Crippen molar-refractivity contribution in [2.24, 2.45) is 0 Å². The predicted molar refractivity (Wildman–Crippen MR) is 63.6 cm³/mol. The van der Waals surface area contributed by atoms with Gasteiger partial charge in [-0.15, -0.1) is 11.3 Å². The Bertz CT molecular complexity index is 443. The fraction of sp³-hybridized carbons (Fsp3) is 0.100. The van der Waals surface area contributed by atoms with Crippen LogP contribution in [0.3, 0.4) is 0 Å². The number of nitrogen functional groups attached to an aromatic ring is 1. The van der Waals surface area contributed by atoms with Gasteiger partial charge >= 0.3 is 0 Å². The molecule has 78 valence electrons. The zero-order chi connectivity index (χ0) is 10.7. The Morgan fingerprint density at radius 1 is 1.47 bits per heavy atom. The number of nitrogens with two attached hydrogens (primary N) is 1. The van der Waals surface area contributed by atoms with E-state index in [1.165, 1.54) is 0 Å². The number of ether oxygens (including phenoxy) is 1. The number of hydrogen-bond donors (Lipinski definition) is 1. The van der Waals surface area contributed by atoms with Crippen LogP contribution in [-0.2, 0) is 0 Å². The maximum absolute atomic E-state index is 5.86. The zero-order valence-corrected chi connectivity index (χ0v) is 9.77. The van der Waals surface area contributed by atoms with Crippen LogP contribution in [0.2, 0.25) is 0 Å². The Kier molecular flexibility index (Phi) is 3.13. The third-order valence-corrected chi connectivity index (χ3v) is 3.78. The number of thiazole rings is 1. The van der Waals surface area contributed by atoms with E-state index < -0.39 is 0 Å². The lowest BCUT2D eigenvalue weighted by atomic mass is 10.3. The molecule has 2 rings (SSSR count). The summed E-state index contributed by atoms with van der Waals surface area (Å²) in [6.07, 6.45) is 1.78. The molecule has 2 N–H and O–H groups in total. The summed E-state index contributed by atoms with van der Waals surface area (Å²) in [5.74, 6) is 0.809. The van der Waals surface area contributed by atoms with Crippen LogP contribution in [0.5, 0.6) is 5.75 Å². The fourth-order valence-electron chi connectivity index (χ4n) is 1.08. The van der Waals surface area contributed by atoms with Crippen molar-refractivity contribution in [2.45, 2.75) is 9.24 Å². The van der Waals surface area contributed by atoms with E-state index in [0.717, 1.165) is 20.7 Å². The van der Waals surface area contributed by atoms with Crippen LogP contribution in [-0.4, -0.2) is 12.1 Å². The Hall–Kier alpha value is -1.20. The molecule has 0 unspecified atom stereocenters. The molecular formula is C10H10N2OS2. The van der Waals surface area contributed by atoms with Crippen molar-refractivity contribution in [3.05, 3.63) is 29.8 Å². The number of aromatic nitrogens is 1. The molecule has 0 aliphatic heterocycles. The van der Waals surface area contributed by atoms with Crippen LogP contribution in [0.4, 0.5) is 5.69 Å². The van der Waals surface area contributed by atoms with Crippen LogP contribution in [0, 0.1) is 0 Å². The average molecular weight is 238 g/mol. The van der Waals surface area contributed by atoms with Crippen LogP contribution in [0.15, 0.2) is 39.0 Å². The summed E-state index contributed by atoms with van der Waals surface area (Å²) in [4.78, 5) is 5.17. The van der Waals surface area contributed by atoms with E-state index >= 15 is 0 Å². The first-order valence-corrected chi connectivity index (χ1v) is 6.00.